The van der Waals surface area contributed by atoms with Gasteiger partial charge in [0.2, 0.25) is 0 Å². The highest BCUT2D eigenvalue weighted by Crippen LogP contribution is 2.65. The maximum absolute atomic E-state index is 12.4. The second-order valence-electron chi connectivity index (χ2n) is 8.92. The minimum atomic E-state index is -0.0387. The second kappa shape index (κ2) is 4.55. The third-order valence-electron chi connectivity index (χ3n) is 7.99. The van der Waals surface area contributed by atoms with Crippen LogP contribution in [0.5, 0.6) is 0 Å². The van der Waals surface area contributed by atoms with Gasteiger partial charge in [-0.15, -0.1) is 0 Å². The predicted molar refractivity (Wildman–Crippen MR) is 86.3 cm³/mol. The van der Waals surface area contributed by atoms with Crippen molar-refractivity contribution in [3.8, 4) is 0 Å². The van der Waals surface area contributed by atoms with Gasteiger partial charge in [-0.1, -0.05) is 26.3 Å². The Balaban J connectivity index is 1.74. The third-order valence-corrected chi connectivity index (χ3v) is 7.99. The van der Waals surface area contributed by atoms with Crippen molar-refractivity contribution in [3.63, 3.8) is 0 Å². The van der Waals surface area contributed by atoms with E-state index >= 15 is 0 Å². The van der Waals surface area contributed by atoms with Crippen LogP contribution in [0.15, 0.2) is 11.6 Å². The summed E-state index contributed by atoms with van der Waals surface area (Å²) in [5, 5.41) is 0. The summed E-state index contributed by atoms with van der Waals surface area (Å²) in [6.45, 7) is 6.96. The van der Waals surface area contributed by atoms with Crippen molar-refractivity contribution in [1.29, 1.82) is 0 Å². The Bertz CT molecular complexity index is 574. The second-order valence-corrected chi connectivity index (χ2v) is 8.92. The summed E-state index contributed by atoms with van der Waals surface area (Å²) in [5.41, 5.74) is 1.60. The van der Waals surface area contributed by atoms with Crippen molar-refractivity contribution in [3.05, 3.63) is 11.6 Å². The molecule has 0 heterocycles. The summed E-state index contributed by atoms with van der Waals surface area (Å²) in [5.74, 6) is 3.33. The molecule has 4 aliphatic carbocycles. The molecule has 6 atom stereocenters. The van der Waals surface area contributed by atoms with E-state index in [9.17, 15) is 9.59 Å². The number of hydrogen-bond donors (Lipinski definition) is 0. The van der Waals surface area contributed by atoms with Gasteiger partial charge in [-0.05, 0) is 67.3 Å². The van der Waals surface area contributed by atoms with Crippen molar-refractivity contribution in [1.82, 2.24) is 0 Å². The van der Waals surface area contributed by atoms with Crippen molar-refractivity contribution in [2.24, 2.45) is 34.5 Å². The van der Waals surface area contributed by atoms with Crippen LogP contribution in [0.25, 0.3) is 0 Å². The van der Waals surface area contributed by atoms with Crippen LogP contribution in [0.1, 0.15) is 65.7 Å². The van der Waals surface area contributed by atoms with Gasteiger partial charge < -0.3 is 0 Å². The molecule has 0 aliphatic heterocycles. The van der Waals surface area contributed by atoms with Crippen molar-refractivity contribution in [2.75, 3.05) is 0 Å². The lowest BCUT2D eigenvalue weighted by Gasteiger charge is -2.58. The van der Waals surface area contributed by atoms with Gasteiger partial charge in [-0.3, -0.25) is 9.59 Å². The third kappa shape index (κ3) is 1.73. The predicted octanol–water partition coefficient (Wildman–Crippen LogP) is 4.33. The highest BCUT2D eigenvalue weighted by molar-refractivity contribution is 5.92. The number of rotatable bonds is 0. The number of fused-ring (bicyclic) bond motifs is 5. The number of Topliss-reactive ketones (excluding diaryl/α,β-unsaturated/α-hetero) is 1. The first kappa shape index (κ1) is 14.7. The monoisotopic (exact) mass is 300 g/mol. The molecule has 120 valence electrons. The van der Waals surface area contributed by atoms with Crippen LogP contribution in [0.2, 0.25) is 0 Å². The van der Waals surface area contributed by atoms with Gasteiger partial charge >= 0.3 is 0 Å². The summed E-state index contributed by atoms with van der Waals surface area (Å²) in [7, 11) is 0. The molecule has 0 aromatic rings. The summed E-state index contributed by atoms with van der Waals surface area (Å²) < 4.78 is 0. The Morgan fingerprint density at radius 3 is 2.50 bits per heavy atom. The number of carbonyl (C=O) groups excluding carboxylic acids is 2. The molecule has 0 amide bonds. The zero-order valence-corrected chi connectivity index (χ0v) is 14.2. The number of ketones is 2. The highest BCUT2D eigenvalue weighted by Gasteiger charge is 2.59. The van der Waals surface area contributed by atoms with Gasteiger partial charge in [0.25, 0.3) is 0 Å². The molecular weight excluding hydrogens is 272 g/mol. The van der Waals surface area contributed by atoms with Crippen LogP contribution < -0.4 is 0 Å². The van der Waals surface area contributed by atoms with Crippen LogP contribution in [0, 0.1) is 34.5 Å². The van der Waals surface area contributed by atoms with E-state index in [1.165, 1.54) is 18.4 Å². The molecule has 0 spiro atoms. The smallest absolute Gasteiger partial charge is 0.155 e. The maximum atomic E-state index is 12.4. The summed E-state index contributed by atoms with van der Waals surface area (Å²) >= 11 is 0. The SMILES string of the molecule is CC1CC2C3CCC(=O)C3(C)CCC2C2(C)CCC(=O)C=C12. The average Bonchev–Trinajstić information content (AvgIpc) is 2.77. The molecule has 0 N–H and O–H groups in total. The van der Waals surface area contributed by atoms with Gasteiger partial charge in [-0.2, -0.15) is 0 Å². The minimum absolute atomic E-state index is 0.0387. The first-order valence-electron chi connectivity index (χ1n) is 9.14. The van der Waals surface area contributed by atoms with E-state index in [2.05, 4.69) is 20.8 Å². The molecule has 4 aliphatic rings. The molecular formula is C20H28O2. The zero-order chi connectivity index (χ0) is 15.7. The van der Waals surface area contributed by atoms with Gasteiger partial charge in [0, 0.05) is 18.3 Å². The molecule has 0 aromatic carbocycles. The summed E-state index contributed by atoms with van der Waals surface area (Å²) in [4.78, 5) is 24.4. The molecule has 3 saturated carbocycles. The first-order chi connectivity index (χ1) is 10.4. The van der Waals surface area contributed by atoms with Crippen LogP contribution >= 0.6 is 0 Å². The largest absolute Gasteiger partial charge is 0.299 e. The lowest BCUT2D eigenvalue weighted by atomic mass is 9.46. The van der Waals surface area contributed by atoms with Crippen molar-refractivity contribution >= 4 is 11.6 Å². The van der Waals surface area contributed by atoms with Gasteiger partial charge in [0.1, 0.15) is 5.78 Å². The quantitative estimate of drug-likeness (QED) is 0.667. The molecule has 3 fully saturated rings. The van der Waals surface area contributed by atoms with Crippen LogP contribution in [-0.4, -0.2) is 11.6 Å². The fourth-order valence-electron chi connectivity index (χ4n) is 6.76. The highest BCUT2D eigenvalue weighted by atomic mass is 16.1. The summed E-state index contributed by atoms with van der Waals surface area (Å²) in [6, 6.07) is 0. The molecule has 22 heavy (non-hydrogen) atoms. The number of allylic oxidation sites excluding steroid dienone is 1. The topological polar surface area (TPSA) is 34.1 Å². The zero-order valence-electron chi connectivity index (χ0n) is 14.2. The van der Waals surface area contributed by atoms with E-state index in [1.807, 2.05) is 6.08 Å². The van der Waals surface area contributed by atoms with E-state index in [0.717, 1.165) is 32.1 Å². The fraction of sp³-hybridized carbons (Fsp3) is 0.800. The van der Waals surface area contributed by atoms with Crippen LogP contribution in [0.3, 0.4) is 0 Å². The first-order valence-corrected chi connectivity index (χ1v) is 9.14. The Morgan fingerprint density at radius 2 is 1.73 bits per heavy atom. The molecule has 4 rings (SSSR count). The molecule has 0 aromatic heterocycles. The van der Waals surface area contributed by atoms with Crippen molar-refractivity contribution in [2.45, 2.75) is 65.7 Å². The Labute approximate surface area is 133 Å². The fourth-order valence-corrected chi connectivity index (χ4v) is 6.76. The van der Waals surface area contributed by atoms with E-state index in [-0.39, 0.29) is 10.8 Å². The Hall–Kier alpha value is -0.920. The molecule has 0 saturated heterocycles. The number of hydrogen-bond acceptors (Lipinski definition) is 2. The Morgan fingerprint density at radius 1 is 1.00 bits per heavy atom. The molecule has 2 heteroatoms. The lowest BCUT2D eigenvalue weighted by molar-refractivity contribution is -0.133. The standard InChI is InChI=1S/C20H28O2/c1-12-10-14-15-4-5-18(22)20(15,3)9-7-16(14)19(2)8-6-13(21)11-17(12)19/h11-12,14-16H,4-10H2,1-3H3. The van der Waals surface area contributed by atoms with E-state index < -0.39 is 0 Å². The lowest BCUT2D eigenvalue weighted by Crippen LogP contribution is -2.52. The normalized spacial score (nSPS) is 51.0. The molecule has 6 unspecified atom stereocenters. The van der Waals surface area contributed by atoms with E-state index in [0.29, 0.717) is 35.2 Å². The van der Waals surface area contributed by atoms with Gasteiger partial charge in [0.05, 0.1) is 0 Å². The van der Waals surface area contributed by atoms with Gasteiger partial charge in [-0.25, -0.2) is 0 Å². The average molecular weight is 300 g/mol. The summed E-state index contributed by atoms with van der Waals surface area (Å²) in [6.07, 6.45) is 9.08. The van der Waals surface area contributed by atoms with E-state index in [1.54, 1.807) is 0 Å². The van der Waals surface area contributed by atoms with Crippen LogP contribution in [-0.2, 0) is 9.59 Å². The molecule has 0 bridgehead atoms. The van der Waals surface area contributed by atoms with Crippen LogP contribution in [0.4, 0.5) is 0 Å². The molecule has 2 nitrogen and oxygen atoms in total. The Kier molecular flexibility index (Phi) is 3.03. The minimum Gasteiger partial charge on any atom is -0.299 e. The van der Waals surface area contributed by atoms with Gasteiger partial charge in [0.15, 0.2) is 5.78 Å². The maximum Gasteiger partial charge on any atom is 0.155 e. The van der Waals surface area contributed by atoms with E-state index in [4.69, 9.17) is 0 Å². The molecule has 0 radical (unpaired) electrons. The number of carbonyl (C=O) groups is 2. The van der Waals surface area contributed by atoms with Crippen molar-refractivity contribution < 1.29 is 9.59 Å².